The molecular formula is C14H9Br2F3. The van der Waals surface area contributed by atoms with Gasteiger partial charge in [-0.3, -0.25) is 0 Å². The lowest BCUT2D eigenvalue weighted by Gasteiger charge is -2.13. The quantitative estimate of drug-likeness (QED) is 0.456. The van der Waals surface area contributed by atoms with E-state index in [2.05, 4.69) is 31.9 Å². The molecule has 0 heterocycles. The summed E-state index contributed by atoms with van der Waals surface area (Å²) in [5.41, 5.74) is 1.39. The highest BCUT2D eigenvalue weighted by Crippen LogP contribution is 2.35. The number of halogens is 5. The molecule has 0 amide bonds. The first-order valence-corrected chi connectivity index (χ1v) is 7.15. The lowest BCUT2D eigenvalue weighted by atomic mass is 10.0. The first-order valence-electron chi connectivity index (χ1n) is 5.44. The van der Waals surface area contributed by atoms with Gasteiger partial charge in [-0.2, -0.15) is 0 Å². The second kappa shape index (κ2) is 5.67. The third-order valence-corrected chi connectivity index (χ3v) is 4.30. The van der Waals surface area contributed by atoms with Gasteiger partial charge in [0.25, 0.3) is 0 Å². The van der Waals surface area contributed by atoms with Crippen molar-refractivity contribution in [1.29, 1.82) is 0 Å². The summed E-state index contributed by atoms with van der Waals surface area (Å²) in [5.74, 6) is -1.52. The Morgan fingerprint density at radius 3 is 2.26 bits per heavy atom. The predicted molar refractivity (Wildman–Crippen MR) is 76.0 cm³/mol. The predicted octanol–water partition coefficient (Wildman–Crippen LogP) is 5.66. The minimum atomic E-state index is -0.607. The highest BCUT2D eigenvalue weighted by Gasteiger charge is 2.18. The fraction of sp³-hybridized carbons (Fsp3) is 0.143. The zero-order chi connectivity index (χ0) is 14.2. The maximum Gasteiger partial charge on any atom is 0.137 e. The van der Waals surface area contributed by atoms with Crippen LogP contribution in [0.25, 0.3) is 0 Å². The van der Waals surface area contributed by atoms with Crippen LogP contribution in [-0.4, -0.2) is 0 Å². The van der Waals surface area contributed by atoms with Crippen LogP contribution in [-0.2, 0) is 0 Å². The molecule has 0 aliphatic heterocycles. The maximum absolute atomic E-state index is 13.8. The molecule has 0 radical (unpaired) electrons. The Labute approximate surface area is 125 Å². The molecule has 0 fully saturated rings. The number of hydrogen-bond acceptors (Lipinski definition) is 0. The largest absolute Gasteiger partial charge is 0.207 e. The standard InChI is InChI=1S/C14H9Br2F3/c1-7-2-8(4-9(17)3-7)14(16)10-5-13(19)11(15)6-12(10)18/h2-6,14H,1H3. The number of rotatable bonds is 2. The molecule has 0 N–H and O–H groups in total. The molecule has 0 spiro atoms. The van der Waals surface area contributed by atoms with Gasteiger partial charge in [0.15, 0.2) is 0 Å². The summed E-state index contributed by atoms with van der Waals surface area (Å²) in [4.78, 5) is -0.607. The van der Waals surface area contributed by atoms with Crippen LogP contribution in [0.1, 0.15) is 21.5 Å². The van der Waals surface area contributed by atoms with Gasteiger partial charge in [0.1, 0.15) is 17.5 Å². The monoisotopic (exact) mass is 392 g/mol. The van der Waals surface area contributed by atoms with Crippen LogP contribution in [0.3, 0.4) is 0 Å². The van der Waals surface area contributed by atoms with E-state index < -0.39 is 22.3 Å². The van der Waals surface area contributed by atoms with Crippen molar-refractivity contribution in [2.75, 3.05) is 0 Å². The van der Waals surface area contributed by atoms with Gasteiger partial charge in [-0.1, -0.05) is 22.0 Å². The summed E-state index contributed by atoms with van der Waals surface area (Å²) in [6, 6.07) is 6.56. The molecule has 2 aromatic carbocycles. The van der Waals surface area contributed by atoms with E-state index in [-0.39, 0.29) is 10.0 Å². The summed E-state index contributed by atoms with van der Waals surface area (Å²) >= 11 is 6.20. The van der Waals surface area contributed by atoms with Crippen molar-refractivity contribution < 1.29 is 13.2 Å². The second-order valence-corrected chi connectivity index (χ2v) is 5.98. The highest BCUT2D eigenvalue weighted by atomic mass is 79.9. The fourth-order valence-corrected chi connectivity index (χ4v) is 2.75. The summed E-state index contributed by atoms with van der Waals surface area (Å²) < 4.78 is 40.7. The van der Waals surface area contributed by atoms with Gasteiger partial charge < -0.3 is 0 Å². The topological polar surface area (TPSA) is 0 Å². The summed E-state index contributed by atoms with van der Waals surface area (Å²) in [6.45, 7) is 1.74. The van der Waals surface area contributed by atoms with E-state index in [4.69, 9.17) is 0 Å². The van der Waals surface area contributed by atoms with Crippen molar-refractivity contribution >= 4 is 31.9 Å². The molecule has 100 valence electrons. The van der Waals surface area contributed by atoms with Gasteiger partial charge in [-0.05, 0) is 58.2 Å². The Balaban J connectivity index is 2.49. The average molecular weight is 394 g/mol. The fourth-order valence-electron chi connectivity index (χ4n) is 1.82. The molecule has 1 unspecified atom stereocenters. The molecule has 0 nitrogen and oxygen atoms in total. The Bertz CT molecular complexity index is 606. The second-order valence-electron chi connectivity index (χ2n) is 4.21. The first-order chi connectivity index (χ1) is 8.88. The van der Waals surface area contributed by atoms with Crippen molar-refractivity contribution in [2.24, 2.45) is 0 Å². The van der Waals surface area contributed by atoms with Gasteiger partial charge in [-0.25, -0.2) is 13.2 Å². The van der Waals surface area contributed by atoms with E-state index in [1.807, 2.05) is 0 Å². The van der Waals surface area contributed by atoms with E-state index in [0.717, 1.165) is 17.7 Å². The van der Waals surface area contributed by atoms with Crippen molar-refractivity contribution in [2.45, 2.75) is 11.8 Å². The van der Waals surface area contributed by atoms with E-state index >= 15 is 0 Å². The number of benzene rings is 2. The van der Waals surface area contributed by atoms with Crippen molar-refractivity contribution in [3.8, 4) is 0 Å². The van der Waals surface area contributed by atoms with Crippen LogP contribution in [0.4, 0.5) is 13.2 Å². The molecule has 0 aliphatic rings. The molecule has 0 aliphatic carbocycles. The van der Waals surface area contributed by atoms with Gasteiger partial charge in [0.05, 0.1) is 9.30 Å². The molecule has 2 aromatic rings. The van der Waals surface area contributed by atoms with E-state index in [0.29, 0.717) is 5.56 Å². The molecular weight excluding hydrogens is 385 g/mol. The molecule has 0 aromatic heterocycles. The Kier molecular flexibility index (Phi) is 4.36. The molecule has 0 saturated carbocycles. The van der Waals surface area contributed by atoms with E-state index in [9.17, 15) is 13.2 Å². The minimum absolute atomic E-state index is 0.0591. The normalized spacial score (nSPS) is 12.5. The number of hydrogen-bond donors (Lipinski definition) is 0. The summed E-state index contributed by atoms with van der Waals surface area (Å²) in [6.07, 6.45) is 0. The third-order valence-electron chi connectivity index (χ3n) is 2.67. The summed E-state index contributed by atoms with van der Waals surface area (Å²) in [7, 11) is 0. The highest BCUT2D eigenvalue weighted by molar-refractivity contribution is 9.10. The van der Waals surface area contributed by atoms with Crippen LogP contribution in [0.5, 0.6) is 0 Å². The number of alkyl halides is 1. The van der Waals surface area contributed by atoms with Gasteiger partial charge in [0, 0.05) is 5.56 Å². The zero-order valence-corrected chi connectivity index (χ0v) is 13.0. The van der Waals surface area contributed by atoms with Crippen LogP contribution in [0, 0.1) is 24.4 Å². The van der Waals surface area contributed by atoms with Crippen LogP contribution >= 0.6 is 31.9 Å². The smallest absolute Gasteiger partial charge is 0.137 e. The van der Waals surface area contributed by atoms with E-state index in [1.54, 1.807) is 13.0 Å². The van der Waals surface area contributed by atoms with Gasteiger partial charge in [0.2, 0.25) is 0 Å². The molecule has 0 saturated heterocycles. The van der Waals surface area contributed by atoms with Crippen LogP contribution in [0.15, 0.2) is 34.8 Å². The minimum Gasteiger partial charge on any atom is -0.207 e. The summed E-state index contributed by atoms with van der Waals surface area (Å²) in [5, 5.41) is 0. The zero-order valence-electron chi connectivity index (χ0n) is 9.85. The molecule has 0 bridgehead atoms. The van der Waals surface area contributed by atoms with Crippen LogP contribution in [0.2, 0.25) is 0 Å². The van der Waals surface area contributed by atoms with E-state index in [1.165, 1.54) is 12.1 Å². The Morgan fingerprint density at radius 2 is 1.63 bits per heavy atom. The average Bonchev–Trinajstić information content (AvgIpc) is 2.31. The number of aryl methyl sites for hydroxylation is 1. The third kappa shape index (κ3) is 3.20. The van der Waals surface area contributed by atoms with Gasteiger partial charge >= 0.3 is 0 Å². The first kappa shape index (κ1) is 14.6. The lowest BCUT2D eigenvalue weighted by Crippen LogP contribution is -1.99. The Hall–Kier alpha value is -0.810. The van der Waals surface area contributed by atoms with Crippen molar-refractivity contribution in [3.63, 3.8) is 0 Å². The molecule has 5 heteroatoms. The van der Waals surface area contributed by atoms with Crippen LogP contribution < -0.4 is 0 Å². The molecule has 1 atom stereocenters. The SMILES string of the molecule is Cc1cc(F)cc(C(Br)c2cc(F)c(Br)cc2F)c1. The molecule has 2 rings (SSSR count). The van der Waals surface area contributed by atoms with Crippen molar-refractivity contribution in [1.82, 2.24) is 0 Å². The molecule has 19 heavy (non-hydrogen) atoms. The Morgan fingerprint density at radius 1 is 0.947 bits per heavy atom. The maximum atomic E-state index is 13.8. The lowest BCUT2D eigenvalue weighted by molar-refractivity contribution is 0.582. The van der Waals surface area contributed by atoms with Gasteiger partial charge in [-0.15, -0.1) is 0 Å². The van der Waals surface area contributed by atoms with Crippen molar-refractivity contribution in [3.05, 3.63) is 68.9 Å².